The maximum Gasteiger partial charge on any atom is 0.133 e. The average molecular weight is 376 g/mol. The number of benzene rings is 2. The van der Waals surface area contributed by atoms with E-state index in [0.717, 1.165) is 54.1 Å². The molecule has 3 nitrogen and oxygen atoms in total. The molecular formula is C19H16Cl2FN3. The Bertz CT molecular complexity index is 919. The van der Waals surface area contributed by atoms with Gasteiger partial charge in [0.2, 0.25) is 0 Å². The minimum Gasteiger partial charge on any atom is -0.370 e. The summed E-state index contributed by atoms with van der Waals surface area (Å²) in [5.41, 5.74) is 3.78. The minimum atomic E-state index is -0.264. The maximum atomic E-state index is 13.3. The van der Waals surface area contributed by atoms with Crippen LogP contribution >= 0.6 is 23.2 Å². The smallest absolute Gasteiger partial charge is 0.133 e. The van der Waals surface area contributed by atoms with Crippen LogP contribution in [0.5, 0.6) is 0 Å². The number of fused-ring (bicyclic) bond motifs is 1. The monoisotopic (exact) mass is 375 g/mol. The summed E-state index contributed by atoms with van der Waals surface area (Å²) in [4.78, 5) is 0. The highest BCUT2D eigenvalue weighted by molar-refractivity contribution is 6.42. The summed E-state index contributed by atoms with van der Waals surface area (Å²) < 4.78 is 15.1. The molecule has 0 fully saturated rings. The molecule has 3 aromatic rings. The van der Waals surface area contributed by atoms with E-state index in [0.29, 0.717) is 10.0 Å². The fourth-order valence-electron chi connectivity index (χ4n) is 3.15. The normalized spacial score (nSPS) is 13.9. The van der Waals surface area contributed by atoms with Crippen LogP contribution in [0.2, 0.25) is 10.0 Å². The van der Waals surface area contributed by atoms with Gasteiger partial charge >= 0.3 is 0 Å². The van der Waals surface area contributed by atoms with Gasteiger partial charge < -0.3 is 5.32 Å². The largest absolute Gasteiger partial charge is 0.370 e. The van der Waals surface area contributed by atoms with Gasteiger partial charge in [0.1, 0.15) is 11.6 Å². The van der Waals surface area contributed by atoms with Gasteiger partial charge in [-0.3, -0.25) is 0 Å². The Morgan fingerprint density at radius 1 is 1.00 bits per heavy atom. The first-order valence-electron chi connectivity index (χ1n) is 8.20. The highest BCUT2D eigenvalue weighted by atomic mass is 35.5. The minimum absolute atomic E-state index is 0.264. The topological polar surface area (TPSA) is 29.9 Å². The lowest BCUT2D eigenvalue weighted by molar-refractivity contribution is 0.627. The summed E-state index contributed by atoms with van der Waals surface area (Å²) >= 11 is 12.2. The van der Waals surface area contributed by atoms with Crippen molar-refractivity contribution in [1.82, 2.24) is 9.78 Å². The summed E-state index contributed by atoms with van der Waals surface area (Å²) in [5.74, 6) is 0.699. The lowest BCUT2D eigenvalue weighted by atomic mass is 10.0. The fraction of sp³-hybridized carbons (Fsp3) is 0.211. The van der Waals surface area contributed by atoms with Crippen LogP contribution in [0.1, 0.15) is 18.4 Å². The first-order valence-corrected chi connectivity index (χ1v) is 8.96. The predicted molar refractivity (Wildman–Crippen MR) is 100 cm³/mol. The first kappa shape index (κ1) is 16.4. The van der Waals surface area contributed by atoms with Gasteiger partial charge in [-0.05, 0) is 55.7 Å². The van der Waals surface area contributed by atoms with Gasteiger partial charge in [0, 0.05) is 17.7 Å². The third kappa shape index (κ3) is 3.12. The predicted octanol–water partition coefficient (Wildman–Crippen LogP) is 5.73. The molecule has 1 aliphatic heterocycles. The maximum absolute atomic E-state index is 13.3. The van der Waals surface area contributed by atoms with Crippen molar-refractivity contribution in [3.63, 3.8) is 0 Å². The second-order valence-corrected chi connectivity index (χ2v) is 6.89. The van der Waals surface area contributed by atoms with Crippen LogP contribution in [0.4, 0.5) is 10.2 Å². The van der Waals surface area contributed by atoms with Crippen molar-refractivity contribution in [2.24, 2.45) is 0 Å². The molecule has 0 amide bonds. The molecule has 0 saturated heterocycles. The van der Waals surface area contributed by atoms with Gasteiger partial charge in [-0.1, -0.05) is 29.3 Å². The molecule has 0 radical (unpaired) electrons. The van der Waals surface area contributed by atoms with Crippen LogP contribution in [-0.2, 0) is 6.42 Å². The van der Waals surface area contributed by atoms with E-state index in [2.05, 4.69) is 5.32 Å². The summed E-state index contributed by atoms with van der Waals surface area (Å²) in [6.07, 6.45) is 3.11. The number of aromatic nitrogens is 2. The van der Waals surface area contributed by atoms with Gasteiger partial charge in [0.05, 0.1) is 21.4 Å². The highest BCUT2D eigenvalue weighted by Gasteiger charge is 2.22. The van der Waals surface area contributed by atoms with Crippen molar-refractivity contribution in [3.05, 3.63) is 63.9 Å². The van der Waals surface area contributed by atoms with Gasteiger partial charge in [-0.25, -0.2) is 9.07 Å². The van der Waals surface area contributed by atoms with Gasteiger partial charge in [0.15, 0.2) is 0 Å². The Balaban J connectivity index is 1.89. The van der Waals surface area contributed by atoms with Crippen molar-refractivity contribution >= 4 is 29.0 Å². The molecule has 2 heterocycles. The number of anilines is 1. The molecule has 0 spiro atoms. The van der Waals surface area contributed by atoms with Crippen LogP contribution in [-0.4, -0.2) is 16.3 Å². The number of halogens is 3. The van der Waals surface area contributed by atoms with E-state index in [1.807, 2.05) is 16.8 Å². The molecule has 128 valence electrons. The molecule has 0 unspecified atom stereocenters. The standard InChI is InChI=1S/C19H16Cl2FN3/c20-16-9-4-12(11-17(16)21)18-15-3-1-2-10-23-19(15)25(24-18)14-7-5-13(22)6-8-14/h4-9,11,23H,1-3,10H2. The zero-order chi connectivity index (χ0) is 17.4. The molecule has 0 saturated carbocycles. The molecule has 0 aliphatic carbocycles. The molecule has 1 aliphatic rings. The summed E-state index contributed by atoms with van der Waals surface area (Å²) in [5, 5.41) is 9.30. The van der Waals surface area contributed by atoms with Crippen molar-refractivity contribution in [1.29, 1.82) is 0 Å². The first-order chi connectivity index (χ1) is 12.1. The fourth-order valence-corrected chi connectivity index (χ4v) is 3.44. The SMILES string of the molecule is Fc1ccc(-n2nc(-c3ccc(Cl)c(Cl)c3)c3c2NCCCC3)cc1. The van der Waals surface area contributed by atoms with E-state index < -0.39 is 0 Å². The highest BCUT2D eigenvalue weighted by Crippen LogP contribution is 2.36. The second-order valence-electron chi connectivity index (χ2n) is 6.08. The van der Waals surface area contributed by atoms with Crippen LogP contribution in [0.25, 0.3) is 16.9 Å². The Hall–Kier alpha value is -2.04. The third-order valence-electron chi connectivity index (χ3n) is 4.39. The Morgan fingerprint density at radius 2 is 1.80 bits per heavy atom. The summed E-state index contributed by atoms with van der Waals surface area (Å²) in [6.45, 7) is 0.890. The molecule has 25 heavy (non-hydrogen) atoms. The number of hydrogen-bond donors (Lipinski definition) is 1. The van der Waals surface area contributed by atoms with Gasteiger partial charge in [0.25, 0.3) is 0 Å². The second kappa shape index (κ2) is 6.70. The molecule has 4 rings (SSSR count). The molecule has 2 aromatic carbocycles. The summed E-state index contributed by atoms with van der Waals surface area (Å²) in [7, 11) is 0. The lowest BCUT2D eigenvalue weighted by Gasteiger charge is -2.09. The Kier molecular flexibility index (Phi) is 4.40. The third-order valence-corrected chi connectivity index (χ3v) is 5.13. The van der Waals surface area contributed by atoms with Crippen LogP contribution < -0.4 is 5.32 Å². The molecule has 0 bridgehead atoms. The molecule has 0 atom stereocenters. The molecule has 6 heteroatoms. The Labute approximate surface area is 155 Å². The van der Waals surface area contributed by atoms with E-state index in [4.69, 9.17) is 28.3 Å². The van der Waals surface area contributed by atoms with Crippen LogP contribution in [0, 0.1) is 5.82 Å². The Morgan fingerprint density at radius 3 is 2.56 bits per heavy atom. The van der Waals surface area contributed by atoms with Crippen LogP contribution in [0.3, 0.4) is 0 Å². The zero-order valence-corrected chi connectivity index (χ0v) is 14.9. The summed E-state index contributed by atoms with van der Waals surface area (Å²) in [6, 6.07) is 11.9. The van der Waals surface area contributed by atoms with E-state index in [1.54, 1.807) is 18.2 Å². The average Bonchev–Trinajstić information content (AvgIpc) is 2.80. The van der Waals surface area contributed by atoms with Crippen molar-refractivity contribution < 1.29 is 4.39 Å². The van der Waals surface area contributed by atoms with E-state index in [9.17, 15) is 4.39 Å². The number of nitrogens with one attached hydrogen (secondary N) is 1. The van der Waals surface area contributed by atoms with Crippen LogP contribution in [0.15, 0.2) is 42.5 Å². The van der Waals surface area contributed by atoms with Crippen molar-refractivity contribution in [3.8, 4) is 16.9 Å². The van der Waals surface area contributed by atoms with Crippen molar-refractivity contribution in [2.75, 3.05) is 11.9 Å². The zero-order valence-electron chi connectivity index (χ0n) is 13.4. The molecule has 1 aromatic heterocycles. The van der Waals surface area contributed by atoms with E-state index >= 15 is 0 Å². The molecular weight excluding hydrogens is 360 g/mol. The number of nitrogens with zero attached hydrogens (tertiary/aromatic N) is 2. The quantitative estimate of drug-likeness (QED) is 0.619. The number of rotatable bonds is 2. The van der Waals surface area contributed by atoms with Gasteiger partial charge in [-0.15, -0.1) is 0 Å². The number of hydrogen-bond acceptors (Lipinski definition) is 2. The molecule has 1 N–H and O–H groups in total. The lowest BCUT2D eigenvalue weighted by Crippen LogP contribution is -2.07. The van der Waals surface area contributed by atoms with E-state index in [1.165, 1.54) is 12.1 Å². The van der Waals surface area contributed by atoms with Crippen molar-refractivity contribution in [2.45, 2.75) is 19.3 Å². The van der Waals surface area contributed by atoms with Gasteiger partial charge in [-0.2, -0.15) is 5.10 Å². The van der Waals surface area contributed by atoms with E-state index in [-0.39, 0.29) is 5.82 Å².